The lowest BCUT2D eigenvalue weighted by molar-refractivity contribution is -0.123. The lowest BCUT2D eigenvalue weighted by Crippen LogP contribution is -2.45. The summed E-state index contributed by atoms with van der Waals surface area (Å²) in [5.41, 5.74) is 0. The van der Waals surface area contributed by atoms with E-state index in [4.69, 9.17) is 0 Å². The second-order valence-corrected chi connectivity index (χ2v) is 18.6. The van der Waals surface area contributed by atoms with E-state index in [1.807, 2.05) is 0 Å². The summed E-state index contributed by atoms with van der Waals surface area (Å²) >= 11 is 0. The first kappa shape index (κ1) is 62.3. The third-order valence-corrected chi connectivity index (χ3v) is 12.4. The van der Waals surface area contributed by atoms with E-state index in [0.717, 1.165) is 77.0 Å². The Morgan fingerprint density at radius 3 is 1.02 bits per heavy atom. The van der Waals surface area contributed by atoms with Crippen LogP contribution in [0.25, 0.3) is 0 Å². The standard InChI is InChI=1S/C61H107NO3/c1-3-5-7-9-11-13-15-17-19-21-23-24-25-26-27-28-29-30-31-32-33-34-35-36-37-38-39-41-43-45-47-49-51-53-55-57-61(65)62-59(58-63)60(64)56-54-52-50-48-46-44-42-40-22-20-18-16-14-12-10-8-6-4-2/h5,7,11,13,17,19,23-24,26-27,29-30,32-33,35-36,59-60,63-64H,3-4,6,8-10,12,14-16,18,20-22,25,28,31,34,37-58H2,1-2H3,(H,62,65)/b7-5-,13-11-,19-17-,24-23-,27-26-,30-29-,33-32-,36-35-. The van der Waals surface area contributed by atoms with Crippen molar-refractivity contribution in [3.05, 3.63) is 97.2 Å². The topological polar surface area (TPSA) is 69.6 Å². The molecule has 0 rings (SSSR count). The summed E-state index contributed by atoms with van der Waals surface area (Å²) in [5.74, 6) is -0.0379. The first-order valence-corrected chi connectivity index (χ1v) is 27.9. The highest BCUT2D eigenvalue weighted by atomic mass is 16.3. The van der Waals surface area contributed by atoms with Gasteiger partial charge in [-0.05, 0) is 77.0 Å². The van der Waals surface area contributed by atoms with Crippen LogP contribution < -0.4 is 5.32 Å². The Morgan fingerprint density at radius 1 is 0.385 bits per heavy atom. The Kier molecular flexibility index (Phi) is 53.3. The van der Waals surface area contributed by atoms with Crippen molar-refractivity contribution in [1.82, 2.24) is 5.32 Å². The number of nitrogens with one attached hydrogen (secondary N) is 1. The number of hydrogen-bond acceptors (Lipinski definition) is 3. The fourth-order valence-electron chi connectivity index (χ4n) is 8.14. The molecule has 0 radical (unpaired) electrons. The molecule has 4 heteroatoms. The van der Waals surface area contributed by atoms with Gasteiger partial charge in [0.1, 0.15) is 0 Å². The number of carbonyl (C=O) groups excluding carboxylic acids is 1. The Bertz CT molecular complexity index is 1210. The minimum Gasteiger partial charge on any atom is -0.394 e. The molecule has 2 unspecified atom stereocenters. The zero-order valence-corrected chi connectivity index (χ0v) is 43.0. The third kappa shape index (κ3) is 52.1. The van der Waals surface area contributed by atoms with Gasteiger partial charge in [-0.25, -0.2) is 0 Å². The molecule has 0 aromatic rings. The number of hydrogen-bond donors (Lipinski definition) is 3. The molecule has 0 aromatic carbocycles. The van der Waals surface area contributed by atoms with E-state index in [0.29, 0.717) is 12.8 Å². The van der Waals surface area contributed by atoms with E-state index >= 15 is 0 Å². The fraction of sp³-hybridized carbons (Fsp3) is 0.721. The van der Waals surface area contributed by atoms with Crippen LogP contribution in [0, 0.1) is 0 Å². The molecule has 4 nitrogen and oxygen atoms in total. The van der Waals surface area contributed by atoms with Crippen LogP contribution in [0.15, 0.2) is 97.2 Å². The number of unbranched alkanes of at least 4 members (excludes halogenated alkanes) is 27. The molecule has 0 aliphatic heterocycles. The van der Waals surface area contributed by atoms with Gasteiger partial charge in [0.15, 0.2) is 0 Å². The highest BCUT2D eigenvalue weighted by Gasteiger charge is 2.20. The van der Waals surface area contributed by atoms with E-state index in [2.05, 4.69) is 116 Å². The van der Waals surface area contributed by atoms with Crippen molar-refractivity contribution in [2.24, 2.45) is 0 Å². The zero-order chi connectivity index (χ0) is 47.0. The predicted molar refractivity (Wildman–Crippen MR) is 290 cm³/mol. The average Bonchev–Trinajstić information content (AvgIpc) is 3.31. The first-order valence-electron chi connectivity index (χ1n) is 27.9. The summed E-state index contributed by atoms with van der Waals surface area (Å²) in [7, 11) is 0. The Hall–Kier alpha value is -2.69. The number of amides is 1. The Balaban J connectivity index is 3.55. The number of carbonyl (C=O) groups is 1. The van der Waals surface area contributed by atoms with Gasteiger partial charge < -0.3 is 15.5 Å². The molecule has 0 aliphatic rings. The molecule has 0 heterocycles. The second kappa shape index (κ2) is 55.6. The summed E-state index contributed by atoms with van der Waals surface area (Å²) < 4.78 is 0. The fourth-order valence-corrected chi connectivity index (χ4v) is 8.14. The predicted octanol–water partition coefficient (Wildman–Crippen LogP) is 18.5. The van der Waals surface area contributed by atoms with Crippen LogP contribution in [-0.2, 0) is 4.79 Å². The van der Waals surface area contributed by atoms with Crippen LogP contribution in [0.5, 0.6) is 0 Å². The van der Waals surface area contributed by atoms with Gasteiger partial charge >= 0.3 is 0 Å². The molecule has 0 fully saturated rings. The molecule has 0 saturated carbocycles. The van der Waals surface area contributed by atoms with Crippen molar-refractivity contribution in [3.8, 4) is 0 Å². The van der Waals surface area contributed by atoms with Gasteiger partial charge in [0.25, 0.3) is 0 Å². The van der Waals surface area contributed by atoms with Gasteiger partial charge in [-0.1, -0.05) is 278 Å². The van der Waals surface area contributed by atoms with Crippen molar-refractivity contribution < 1.29 is 15.0 Å². The highest BCUT2D eigenvalue weighted by molar-refractivity contribution is 5.76. The minimum absolute atomic E-state index is 0.0379. The van der Waals surface area contributed by atoms with Gasteiger partial charge in [-0.3, -0.25) is 4.79 Å². The van der Waals surface area contributed by atoms with Crippen LogP contribution in [0.3, 0.4) is 0 Å². The molecule has 3 N–H and O–H groups in total. The number of allylic oxidation sites excluding steroid dienone is 16. The molecule has 0 aromatic heterocycles. The molecule has 0 aliphatic carbocycles. The lowest BCUT2D eigenvalue weighted by Gasteiger charge is -2.22. The molecule has 374 valence electrons. The lowest BCUT2D eigenvalue weighted by atomic mass is 10.0. The number of aliphatic hydroxyl groups is 2. The minimum atomic E-state index is -0.667. The smallest absolute Gasteiger partial charge is 0.220 e. The van der Waals surface area contributed by atoms with Gasteiger partial charge in [-0.2, -0.15) is 0 Å². The van der Waals surface area contributed by atoms with E-state index in [1.54, 1.807) is 0 Å². The second-order valence-electron chi connectivity index (χ2n) is 18.6. The van der Waals surface area contributed by atoms with Crippen LogP contribution in [0.1, 0.15) is 264 Å². The van der Waals surface area contributed by atoms with Gasteiger partial charge in [0.05, 0.1) is 18.8 Å². The third-order valence-electron chi connectivity index (χ3n) is 12.4. The molecule has 0 saturated heterocycles. The van der Waals surface area contributed by atoms with Crippen LogP contribution in [-0.4, -0.2) is 34.9 Å². The summed E-state index contributed by atoms with van der Waals surface area (Å²) in [6.45, 7) is 4.25. The maximum absolute atomic E-state index is 12.5. The molecule has 0 bridgehead atoms. The maximum Gasteiger partial charge on any atom is 0.220 e. The van der Waals surface area contributed by atoms with Gasteiger partial charge in [-0.15, -0.1) is 0 Å². The molecule has 2 atom stereocenters. The molecule has 65 heavy (non-hydrogen) atoms. The van der Waals surface area contributed by atoms with Crippen molar-refractivity contribution in [2.45, 2.75) is 276 Å². The summed E-state index contributed by atoms with van der Waals surface area (Å²) in [5, 5.41) is 23.3. The summed E-state index contributed by atoms with van der Waals surface area (Å²) in [6, 6.07) is -0.545. The number of aliphatic hydroxyl groups excluding tert-OH is 2. The monoisotopic (exact) mass is 902 g/mol. The van der Waals surface area contributed by atoms with Crippen molar-refractivity contribution in [2.75, 3.05) is 6.61 Å². The summed E-state index contributed by atoms with van der Waals surface area (Å²) in [4.78, 5) is 12.5. The quantitative estimate of drug-likeness (QED) is 0.0421. The normalized spacial score (nSPS) is 13.6. The van der Waals surface area contributed by atoms with E-state index in [-0.39, 0.29) is 12.5 Å². The van der Waals surface area contributed by atoms with Crippen LogP contribution in [0.4, 0.5) is 0 Å². The average molecular weight is 903 g/mol. The van der Waals surface area contributed by atoms with Gasteiger partial charge in [0.2, 0.25) is 5.91 Å². The van der Waals surface area contributed by atoms with E-state index in [9.17, 15) is 15.0 Å². The zero-order valence-electron chi connectivity index (χ0n) is 43.0. The molecular weight excluding hydrogens is 795 g/mol. The van der Waals surface area contributed by atoms with Crippen molar-refractivity contribution in [1.29, 1.82) is 0 Å². The largest absolute Gasteiger partial charge is 0.394 e. The molecule has 0 spiro atoms. The maximum atomic E-state index is 12.5. The van der Waals surface area contributed by atoms with Crippen molar-refractivity contribution in [3.63, 3.8) is 0 Å². The van der Waals surface area contributed by atoms with Gasteiger partial charge in [0, 0.05) is 6.42 Å². The molecular formula is C61H107NO3. The first-order chi connectivity index (χ1) is 32.2. The molecule has 1 amide bonds. The van der Waals surface area contributed by atoms with E-state index in [1.165, 1.54) is 161 Å². The Morgan fingerprint density at radius 2 is 0.677 bits per heavy atom. The SMILES string of the molecule is CC/C=C\C/C=C\C/C=C\C/C=C\C/C=C\C/C=C\C/C=C\C/C=C\CCCCCCCCCCCCC(=O)NC(CO)C(O)CCCCCCCCCCCCCCCCCCCC. The van der Waals surface area contributed by atoms with Crippen LogP contribution >= 0.6 is 0 Å². The summed E-state index contributed by atoms with van der Waals surface area (Å²) in [6.07, 6.45) is 82.4. The van der Waals surface area contributed by atoms with Crippen molar-refractivity contribution >= 4 is 5.91 Å². The highest BCUT2D eigenvalue weighted by Crippen LogP contribution is 2.16. The number of rotatable bonds is 50. The van der Waals surface area contributed by atoms with E-state index < -0.39 is 12.1 Å². The Labute approximate surface area is 404 Å². The van der Waals surface area contributed by atoms with Crippen LogP contribution in [0.2, 0.25) is 0 Å².